The number of hydrogen-bond acceptors (Lipinski definition) is 5. The standard InChI is InChI=1S/C19H21N3O3S/c1-12-5-7-14(8-6-12)18(25)22-9-3-4-15(11-22)17(24)21-19-20-10-16(26-19)13(2)23/h5-8,10,15H,3-4,9,11H2,1-2H3,(H,20,21,24). The average molecular weight is 371 g/mol. The molecule has 1 aromatic carbocycles. The number of likely N-dealkylation sites (tertiary alicyclic amines) is 1. The number of thiazole rings is 1. The number of ketones is 1. The Kier molecular flexibility index (Phi) is 5.46. The summed E-state index contributed by atoms with van der Waals surface area (Å²) in [5, 5.41) is 3.19. The van der Waals surface area contributed by atoms with Crippen molar-refractivity contribution in [1.29, 1.82) is 0 Å². The summed E-state index contributed by atoms with van der Waals surface area (Å²) >= 11 is 1.17. The molecule has 0 bridgehead atoms. The molecule has 2 amide bonds. The maximum Gasteiger partial charge on any atom is 0.253 e. The molecule has 7 heteroatoms. The summed E-state index contributed by atoms with van der Waals surface area (Å²) < 4.78 is 0. The zero-order valence-corrected chi connectivity index (χ0v) is 15.6. The van der Waals surface area contributed by atoms with Gasteiger partial charge >= 0.3 is 0 Å². The van der Waals surface area contributed by atoms with Gasteiger partial charge in [-0.2, -0.15) is 0 Å². The van der Waals surface area contributed by atoms with Crippen LogP contribution in [0.15, 0.2) is 30.5 Å². The Morgan fingerprint density at radius 1 is 1.23 bits per heavy atom. The van der Waals surface area contributed by atoms with Crippen LogP contribution >= 0.6 is 11.3 Å². The minimum Gasteiger partial charge on any atom is -0.338 e. The van der Waals surface area contributed by atoms with E-state index in [2.05, 4.69) is 10.3 Å². The fourth-order valence-electron chi connectivity index (χ4n) is 2.96. The summed E-state index contributed by atoms with van der Waals surface area (Å²) in [5.74, 6) is -0.551. The first kappa shape index (κ1) is 18.3. The van der Waals surface area contributed by atoms with Gasteiger partial charge in [0.25, 0.3) is 5.91 Å². The number of anilines is 1. The molecule has 1 aromatic heterocycles. The highest BCUT2D eigenvalue weighted by molar-refractivity contribution is 7.17. The van der Waals surface area contributed by atoms with Crippen molar-refractivity contribution < 1.29 is 14.4 Å². The van der Waals surface area contributed by atoms with E-state index in [0.29, 0.717) is 28.7 Å². The number of amides is 2. The van der Waals surface area contributed by atoms with Gasteiger partial charge in [0.2, 0.25) is 5.91 Å². The summed E-state index contributed by atoms with van der Waals surface area (Å²) in [4.78, 5) is 42.8. The van der Waals surface area contributed by atoms with E-state index in [4.69, 9.17) is 0 Å². The van der Waals surface area contributed by atoms with Crippen LogP contribution in [0.5, 0.6) is 0 Å². The fraction of sp³-hybridized carbons (Fsp3) is 0.368. The summed E-state index contributed by atoms with van der Waals surface area (Å²) in [6.45, 7) is 4.49. The molecule has 136 valence electrons. The highest BCUT2D eigenvalue weighted by Crippen LogP contribution is 2.23. The van der Waals surface area contributed by atoms with Crippen molar-refractivity contribution in [2.45, 2.75) is 26.7 Å². The van der Waals surface area contributed by atoms with Crippen molar-refractivity contribution in [2.75, 3.05) is 18.4 Å². The molecule has 0 aliphatic carbocycles. The first-order valence-electron chi connectivity index (χ1n) is 8.57. The van der Waals surface area contributed by atoms with Crippen molar-refractivity contribution in [1.82, 2.24) is 9.88 Å². The number of aryl methyl sites for hydroxylation is 1. The lowest BCUT2D eigenvalue weighted by molar-refractivity contribution is -0.121. The zero-order chi connectivity index (χ0) is 18.7. The third kappa shape index (κ3) is 4.16. The smallest absolute Gasteiger partial charge is 0.253 e. The number of carbonyl (C=O) groups excluding carboxylic acids is 3. The van der Waals surface area contributed by atoms with E-state index >= 15 is 0 Å². The van der Waals surface area contributed by atoms with Gasteiger partial charge in [-0.25, -0.2) is 4.98 Å². The highest BCUT2D eigenvalue weighted by atomic mass is 32.1. The molecule has 1 fully saturated rings. The number of aromatic nitrogens is 1. The zero-order valence-electron chi connectivity index (χ0n) is 14.8. The van der Waals surface area contributed by atoms with Crippen LogP contribution in [-0.2, 0) is 4.79 Å². The average Bonchev–Trinajstić information content (AvgIpc) is 3.11. The fourth-order valence-corrected chi connectivity index (χ4v) is 3.67. The second kappa shape index (κ2) is 7.78. The summed E-state index contributed by atoms with van der Waals surface area (Å²) in [6, 6.07) is 7.47. The molecule has 1 atom stereocenters. The Morgan fingerprint density at radius 3 is 2.62 bits per heavy atom. The third-order valence-electron chi connectivity index (χ3n) is 4.46. The van der Waals surface area contributed by atoms with Crippen LogP contribution in [-0.4, -0.2) is 40.6 Å². The van der Waals surface area contributed by atoms with Crippen LogP contribution in [0.1, 0.15) is 45.4 Å². The maximum absolute atomic E-state index is 12.7. The Balaban J connectivity index is 1.63. The molecule has 1 aliphatic heterocycles. The third-order valence-corrected chi connectivity index (χ3v) is 5.47. The predicted octanol–water partition coefficient (Wildman–Crippen LogP) is 3.15. The molecule has 1 aliphatic rings. The SMILES string of the molecule is CC(=O)c1cnc(NC(=O)C2CCCN(C(=O)c3ccc(C)cc3)C2)s1. The van der Waals surface area contributed by atoms with Gasteiger partial charge in [0, 0.05) is 25.6 Å². The van der Waals surface area contributed by atoms with Crippen molar-refractivity contribution in [2.24, 2.45) is 5.92 Å². The molecule has 0 radical (unpaired) electrons. The van der Waals surface area contributed by atoms with Crippen molar-refractivity contribution in [3.05, 3.63) is 46.5 Å². The van der Waals surface area contributed by atoms with E-state index < -0.39 is 0 Å². The summed E-state index contributed by atoms with van der Waals surface area (Å²) in [7, 11) is 0. The van der Waals surface area contributed by atoms with Gasteiger partial charge in [0.15, 0.2) is 10.9 Å². The molecule has 3 rings (SSSR count). The van der Waals surface area contributed by atoms with Crippen LogP contribution < -0.4 is 5.32 Å². The molecule has 1 unspecified atom stereocenters. The summed E-state index contributed by atoms with van der Waals surface area (Å²) in [5.41, 5.74) is 1.74. The van der Waals surface area contributed by atoms with Crippen LogP contribution in [0.4, 0.5) is 5.13 Å². The maximum atomic E-state index is 12.7. The number of benzene rings is 1. The normalized spacial score (nSPS) is 17.0. The number of rotatable bonds is 4. The monoisotopic (exact) mass is 371 g/mol. The van der Waals surface area contributed by atoms with Crippen molar-refractivity contribution >= 4 is 34.1 Å². The van der Waals surface area contributed by atoms with Gasteiger partial charge in [-0.1, -0.05) is 29.0 Å². The number of carbonyl (C=O) groups is 3. The number of piperidine rings is 1. The van der Waals surface area contributed by atoms with E-state index in [1.165, 1.54) is 24.5 Å². The van der Waals surface area contributed by atoms with Crippen molar-refractivity contribution in [3.8, 4) is 0 Å². The van der Waals surface area contributed by atoms with Gasteiger partial charge in [0.1, 0.15) is 0 Å². The van der Waals surface area contributed by atoms with Crippen LogP contribution in [0.2, 0.25) is 0 Å². The minimum absolute atomic E-state index is 0.0457. The number of nitrogens with zero attached hydrogens (tertiary/aromatic N) is 2. The molecular weight excluding hydrogens is 350 g/mol. The van der Waals surface area contributed by atoms with Gasteiger partial charge in [-0.3, -0.25) is 14.4 Å². The molecule has 2 aromatic rings. The number of hydrogen-bond donors (Lipinski definition) is 1. The lowest BCUT2D eigenvalue weighted by Gasteiger charge is -2.32. The minimum atomic E-state index is -0.275. The molecule has 0 saturated carbocycles. The Morgan fingerprint density at radius 2 is 1.96 bits per heavy atom. The van der Waals surface area contributed by atoms with Gasteiger partial charge in [0.05, 0.1) is 17.0 Å². The van der Waals surface area contributed by atoms with Crippen LogP contribution in [0.3, 0.4) is 0 Å². The molecule has 2 heterocycles. The first-order valence-corrected chi connectivity index (χ1v) is 9.39. The second-order valence-electron chi connectivity index (χ2n) is 6.53. The molecule has 1 saturated heterocycles. The Labute approximate surface area is 156 Å². The van der Waals surface area contributed by atoms with E-state index in [1.807, 2.05) is 31.2 Å². The Bertz CT molecular complexity index is 829. The molecule has 1 N–H and O–H groups in total. The summed E-state index contributed by atoms with van der Waals surface area (Å²) in [6.07, 6.45) is 2.98. The largest absolute Gasteiger partial charge is 0.338 e. The molecular formula is C19H21N3O3S. The molecule has 26 heavy (non-hydrogen) atoms. The van der Waals surface area contributed by atoms with Crippen LogP contribution in [0.25, 0.3) is 0 Å². The van der Waals surface area contributed by atoms with Gasteiger partial charge < -0.3 is 10.2 Å². The lowest BCUT2D eigenvalue weighted by Crippen LogP contribution is -2.43. The van der Waals surface area contributed by atoms with Crippen LogP contribution in [0, 0.1) is 12.8 Å². The van der Waals surface area contributed by atoms with E-state index in [9.17, 15) is 14.4 Å². The van der Waals surface area contributed by atoms with E-state index in [0.717, 1.165) is 18.4 Å². The first-order chi connectivity index (χ1) is 12.4. The van der Waals surface area contributed by atoms with Gasteiger partial charge in [-0.15, -0.1) is 0 Å². The predicted molar refractivity (Wildman–Crippen MR) is 101 cm³/mol. The van der Waals surface area contributed by atoms with E-state index in [1.54, 1.807) is 4.90 Å². The quantitative estimate of drug-likeness (QED) is 0.838. The Hall–Kier alpha value is -2.54. The van der Waals surface area contributed by atoms with E-state index in [-0.39, 0.29) is 23.5 Å². The van der Waals surface area contributed by atoms with Gasteiger partial charge in [-0.05, 0) is 31.9 Å². The highest BCUT2D eigenvalue weighted by Gasteiger charge is 2.29. The molecule has 6 nitrogen and oxygen atoms in total. The molecule has 0 spiro atoms. The number of Topliss-reactive ketones (excluding diaryl/α,β-unsaturated/α-hetero) is 1. The van der Waals surface area contributed by atoms with Crippen molar-refractivity contribution in [3.63, 3.8) is 0 Å². The number of nitrogens with one attached hydrogen (secondary N) is 1. The lowest BCUT2D eigenvalue weighted by atomic mass is 9.96. The second-order valence-corrected chi connectivity index (χ2v) is 7.56. The topological polar surface area (TPSA) is 79.4 Å².